The van der Waals surface area contributed by atoms with Crippen molar-refractivity contribution in [2.24, 2.45) is 23.2 Å². The number of carbonyl (C=O) groups excluding carboxylic acids is 2. The number of pyridine rings is 1. The Morgan fingerprint density at radius 3 is 2.55 bits per heavy atom. The van der Waals surface area contributed by atoms with Crippen LogP contribution in [-0.4, -0.2) is 69.2 Å². The molecule has 0 bridgehead atoms. The maximum Gasteiger partial charge on any atom is 0.310 e. The van der Waals surface area contributed by atoms with Crippen LogP contribution in [0.2, 0.25) is 0 Å². The molecular formula is C37H46N4O6. The first-order chi connectivity index (χ1) is 22.3. The molecule has 10 heteroatoms. The van der Waals surface area contributed by atoms with Crippen molar-refractivity contribution in [3.8, 4) is 17.3 Å². The standard InChI is InChI=1S/C37H46N4O6/c1-22-29(46-6)13-12-25-30(19-32(38-33(22)25)41-16-14-31(39-41)36(2,3)4)47-24-17-26-27(18-24)34(43)40(5)15-10-8-7-9-11-23-20-37(23,35(44)45)21-28(26)42/h9,11-14,16,19,23-24,26-27H,7-8,10,15,17-18,20-21H2,1-6H3,(H,44,45)/b11-9-/t23-,24-,26-,27-,37-/m1/s1. The Balaban J connectivity index is 1.35. The van der Waals surface area contributed by atoms with Gasteiger partial charge in [-0.1, -0.05) is 32.9 Å². The maximum atomic E-state index is 14.0. The topological polar surface area (TPSA) is 124 Å². The summed E-state index contributed by atoms with van der Waals surface area (Å²) in [5.41, 5.74) is 1.27. The number of ketones is 1. The molecule has 5 atom stereocenters. The molecule has 10 nitrogen and oxygen atoms in total. The zero-order chi connectivity index (χ0) is 33.7. The van der Waals surface area contributed by atoms with Crippen LogP contribution in [0.4, 0.5) is 0 Å². The van der Waals surface area contributed by atoms with Gasteiger partial charge in [0.2, 0.25) is 5.91 Å². The van der Waals surface area contributed by atoms with E-state index in [2.05, 4.69) is 20.8 Å². The summed E-state index contributed by atoms with van der Waals surface area (Å²) in [5, 5.41) is 15.8. The van der Waals surface area contributed by atoms with Gasteiger partial charge in [0.05, 0.1) is 29.7 Å². The van der Waals surface area contributed by atoms with Crippen molar-refractivity contribution >= 4 is 28.6 Å². The summed E-state index contributed by atoms with van der Waals surface area (Å²) in [6, 6.07) is 7.65. The van der Waals surface area contributed by atoms with Gasteiger partial charge in [0, 0.05) is 54.6 Å². The van der Waals surface area contributed by atoms with E-state index in [0.29, 0.717) is 48.6 Å². The van der Waals surface area contributed by atoms with Crippen LogP contribution in [0, 0.1) is 30.1 Å². The molecule has 0 unspecified atom stereocenters. The number of aromatic nitrogens is 3. The molecule has 1 aromatic carbocycles. The molecule has 0 radical (unpaired) electrons. The third-order valence-corrected chi connectivity index (χ3v) is 10.4. The average molecular weight is 643 g/mol. The third kappa shape index (κ3) is 6.26. The summed E-state index contributed by atoms with van der Waals surface area (Å²) in [6.07, 6.45) is 9.14. The molecule has 47 heavy (non-hydrogen) atoms. The van der Waals surface area contributed by atoms with Crippen molar-refractivity contribution in [1.29, 1.82) is 0 Å². The minimum absolute atomic E-state index is 0.0705. The predicted octanol–water partition coefficient (Wildman–Crippen LogP) is 6.06. The monoisotopic (exact) mass is 642 g/mol. The van der Waals surface area contributed by atoms with Crippen LogP contribution >= 0.6 is 0 Å². The fourth-order valence-corrected chi connectivity index (χ4v) is 7.37. The Morgan fingerprint density at radius 1 is 1.09 bits per heavy atom. The van der Waals surface area contributed by atoms with E-state index in [0.717, 1.165) is 35.9 Å². The lowest BCUT2D eigenvalue weighted by Gasteiger charge is -2.25. The van der Waals surface area contributed by atoms with Gasteiger partial charge in [-0.2, -0.15) is 5.10 Å². The van der Waals surface area contributed by atoms with Gasteiger partial charge in [0.15, 0.2) is 5.82 Å². The van der Waals surface area contributed by atoms with Crippen molar-refractivity contribution < 1.29 is 29.0 Å². The average Bonchev–Trinajstić information content (AvgIpc) is 3.33. The number of nitrogens with zero attached hydrogens (tertiary/aromatic N) is 4. The highest BCUT2D eigenvalue weighted by atomic mass is 16.5. The molecule has 250 valence electrons. The van der Waals surface area contributed by atoms with Crippen LogP contribution < -0.4 is 9.47 Å². The predicted molar refractivity (Wildman–Crippen MR) is 178 cm³/mol. The first-order valence-corrected chi connectivity index (χ1v) is 16.7. The van der Waals surface area contributed by atoms with E-state index >= 15 is 0 Å². The smallest absolute Gasteiger partial charge is 0.310 e. The van der Waals surface area contributed by atoms with Crippen LogP contribution in [0.25, 0.3) is 16.7 Å². The Hall–Kier alpha value is -4.21. The first kappa shape index (κ1) is 32.7. The summed E-state index contributed by atoms with van der Waals surface area (Å²) >= 11 is 0. The number of carboxylic acid groups (broad SMARTS) is 1. The Labute approximate surface area is 276 Å². The highest BCUT2D eigenvalue weighted by Crippen LogP contribution is 2.57. The second-order valence-corrected chi connectivity index (χ2v) is 14.7. The molecule has 1 amide bonds. The maximum absolute atomic E-state index is 14.0. The van der Waals surface area contributed by atoms with Crippen molar-refractivity contribution in [2.75, 3.05) is 20.7 Å². The molecule has 6 rings (SSSR count). The molecule has 2 fully saturated rings. The van der Waals surface area contributed by atoms with E-state index < -0.39 is 29.3 Å². The second-order valence-electron chi connectivity index (χ2n) is 14.7. The molecule has 3 heterocycles. The number of hydrogen-bond acceptors (Lipinski definition) is 7. The van der Waals surface area contributed by atoms with Gasteiger partial charge in [-0.25, -0.2) is 9.67 Å². The number of ether oxygens (including phenoxy) is 2. The SMILES string of the molecule is COc1ccc2c(O[C@@H]3C[C@H]4C(=O)C[C@]5(C(=O)O)C[C@H]5/C=C\CCCCN(C)C(=O)[C@@H]4C3)cc(-n3ccc(C(C)(C)C)n3)nc2c1C. The molecule has 2 saturated carbocycles. The van der Waals surface area contributed by atoms with Crippen LogP contribution in [0.1, 0.15) is 77.0 Å². The van der Waals surface area contributed by atoms with Gasteiger partial charge in [-0.15, -0.1) is 0 Å². The minimum Gasteiger partial charge on any atom is -0.496 e. The molecule has 0 spiro atoms. The van der Waals surface area contributed by atoms with Gasteiger partial charge in [0.25, 0.3) is 0 Å². The van der Waals surface area contributed by atoms with Crippen molar-refractivity contribution in [3.63, 3.8) is 0 Å². The van der Waals surface area contributed by atoms with E-state index in [1.165, 1.54) is 0 Å². The molecule has 2 aliphatic carbocycles. The van der Waals surface area contributed by atoms with Crippen LogP contribution in [0.3, 0.4) is 0 Å². The molecule has 3 aliphatic rings. The molecular weight excluding hydrogens is 596 g/mol. The second kappa shape index (κ2) is 12.4. The number of carboxylic acids is 1. The molecule has 2 aromatic heterocycles. The summed E-state index contributed by atoms with van der Waals surface area (Å²) in [6.45, 7) is 8.88. The number of methoxy groups -OCH3 is 1. The van der Waals surface area contributed by atoms with E-state index in [-0.39, 0.29) is 29.4 Å². The number of fused-ring (bicyclic) bond motifs is 3. The van der Waals surface area contributed by atoms with E-state index in [1.54, 1.807) is 23.7 Å². The summed E-state index contributed by atoms with van der Waals surface area (Å²) in [4.78, 5) is 46.9. The third-order valence-electron chi connectivity index (χ3n) is 10.4. The lowest BCUT2D eigenvalue weighted by Crippen LogP contribution is -2.38. The Kier molecular flexibility index (Phi) is 8.65. The Morgan fingerprint density at radius 2 is 1.85 bits per heavy atom. The van der Waals surface area contributed by atoms with Crippen molar-refractivity contribution in [2.45, 2.75) is 84.2 Å². The Bertz CT molecular complexity index is 1740. The lowest BCUT2D eigenvalue weighted by atomic mass is 9.84. The number of rotatable bonds is 5. The first-order valence-electron chi connectivity index (χ1n) is 16.7. The highest BCUT2D eigenvalue weighted by molar-refractivity contribution is 5.94. The van der Waals surface area contributed by atoms with E-state index in [9.17, 15) is 19.5 Å². The minimum atomic E-state index is -1.08. The summed E-state index contributed by atoms with van der Waals surface area (Å²) < 4.78 is 14.1. The molecule has 1 aliphatic heterocycles. The largest absolute Gasteiger partial charge is 0.496 e. The number of carbonyl (C=O) groups is 3. The number of Topliss-reactive ketones (excluding diaryl/α,β-unsaturated/α-hetero) is 1. The van der Waals surface area contributed by atoms with Crippen LogP contribution in [0.5, 0.6) is 11.5 Å². The number of hydrogen-bond donors (Lipinski definition) is 1. The van der Waals surface area contributed by atoms with Gasteiger partial charge in [0.1, 0.15) is 23.4 Å². The number of amides is 1. The van der Waals surface area contributed by atoms with Gasteiger partial charge < -0.3 is 19.5 Å². The summed E-state index contributed by atoms with van der Waals surface area (Å²) in [5.74, 6) is -0.651. The van der Waals surface area contributed by atoms with Crippen LogP contribution in [0.15, 0.2) is 42.6 Å². The fourth-order valence-electron chi connectivity index (χ4n) is 7.37. The normalized spacial score (nSPS) is 27.6. The zero-order valence-electron chi connectivity index (χ0n) is 28.3. The van der Waals surface area contributed by atoms with Gasteiger partial charge >= 0.3 is 5.97 Å². The van der Waals surface area contributed by atoms with E-state index in [1.807, 2.05) is 49.5 Å². The quantitative estimate of drug-likeness (QED) is 0.334. The van der Waals surface area contributed by atoms with E-state index in [4.69, 9.17) is 19.6 Å². The number of benzene rings is 1. The number of aliphatic carboxylic acids is 1. The van der Waals surface area contributed by atoms with Crippen LogP contribution in [-0.2, 0) is 19.8 Å². The number of aryl methyl sites for hydroxylation is 1. The van der Waals surface area contributed by atoms with Crippen molar-refractivity contribution in [3.05, 3.63) is 53.9 Å². The fraction of sp³-hybridized carbons (Fsp3) is 0.541. The van der Waals surface area contributed by atoms with Crippen molar-refractivity contribution in [1.82, 2.24) is 19.7 Å². The highest BCUT2D eigenvalue weighted by Gasteiger charge is 2.61. The molecule has 3 aromatic rings. The van der Waals surface area contributed by atoms with Gasteiger partial charge in [-0.3, -0.25) is 14.4 Å². The van der Waals surface area contributed by atoms with Gasteiger partial charge in [-0.05, 0) is 69.6 Å². The summed E-state index contributed by atoms with van der Waals surface area (Å²) in [7, 11) is 3.42. The molecule has 0 saturated heterocycles. The zero-order valence-corrected chi connectivity index (χ0v) is 28.3. The lowest BCUT2D eigenvalue weighted by molar-refractivity contribution is -0.147. The number of allylic oxidation sites excluding steroid dienone is 2. The molecule has 1 N–H and O–H groups in total.